The van der Waals surface area contributed by atoms with Crippen LogP contribution in [0.5, 0.6) is 0 Å². The van der Waals surface area contributed by atoms with Crippen LogP contribution in [0.15, 0.2) is 186 Å². The summed E-state index contributed by atoms with van der Waals surface area (Å²) >= 11 is 0. The second kappa shape index (κ2) is 11.8. The molecule has 1 heterocycles. The molecule has 240 valence electrons. The summed E-state index contributed by atoms with van der Waals surface area (Å²) < 4.78 is 6.16. The molecule has 10 aromatic rings. The quantitative estimate of drug-likeness (QED) is 0.172. The first-order chi connectivity index (χ1) is 25.2. The zero-order valence-corrected chi connectivity index (χ0v) is 28.2. The van der Waals surface area contributed by atoms with Gasteiger partial charge in [0.2, 0.25) is 0 Å². The third-order valence-electron chi connectivity index (χ3n) is 10.3. The van der Waals surface area contributed by atoms with Crippen LogP contribution < -0.4 is 4.90 Å². The van der Waals surface area contributed by atoms with Gasteiger partial charge >= 0.3 is 0 Å². The highest BCUT2D eigenvalue weighted by molar-refractivity contribution is 6.25. The van der Waals surface area contributed by atoms with Crippen LogP contribution in [0.4, 0.5) is 17.1 Å². The zero-order chi connectivity index (χ0) is 33.9. The highest BCUT2D eigenvalue weighted by atomic mass is 16.3. The molecule has 0 amide bonds. The Morgan fingerprint density at radius 2 is 0.765 bits per heavy atom. The van der Waals surface area contributed by atoms with E-state index in [0.717, 1.165) is 44.6 Å². The third-order valence-corrected chi connectivity index (χ3v) is 10.3. The molecule has 10 rings (SSSR count). The van der Waals surface area contributed by atoms with E-state index >= 15 is 0 Å². The predicted molar refractivity (Wildman–Crippen MR) is 217 cm³/mol. The number of hydrogen-bond acceptors (Lipinski definition) is 2. The Morgan fingerprint density at radius 1 is 0.314 bits per heavy atom. The van der Waals surface area contributed by atoms with Crippen molar-refractivity contribution in [3.05, 3.63) is 188 Å². The van der Waals surface area contributed by atoms with E-state index in [1.54, 1.807) is 0 Å². The van der Waals surface area contributed by atoms with Crippen molar-refractivity contribution in [3.8, 4) is 22.3 Å². The van der Waals surface area contributed by atoms with Gasteiger partial charge in [0.15, 0.2) is 0 Å². The molecule has 0 unspecified atom stereocenters. The summed E-state index contributed by atoms with van der Waals surface area (Å²) in [5.41, 5.74) is 11.1. The number of aryl methyl sites for hydroxylation is 1. The average Bonchev–Trinajstić information content (AvgIpc) is 3.56. The first-order valence-electron chi connectivity index (χ1n) is 17.5. The van der Waals surface area contributed by atoms with Crippen LogP contribution in [0.2, 0.25) is 0 Å². The number of hydrogen-bond donors (Lipinski definition) is 0. The van der Waals surface area contributed by atoms with Gasteiger partial charge in [0.05, 0.1) is 0 Å². The highest BCUT2D eigenvalue weighted by Crippen LogP contribution is 2.42. The van der Waals surface area contributed by atoms with Gasteiger partial charge in [-0.2, -0.15) is 0 Å². The van der Waals surface area contributed by atoms with E-state index in [1.807, 2.05) is 0 Å². The van der Waals surface area contributed by atoms with E-state index in [2.05, 4.69) is 194 Å². The molecule has 0 saturated carbocycles. The summed E-state index contributed by atoms with van der Waals surface area (Å²) in [7, 11) is 0. The lowest BCUT2D eigenvalue weighted by molar-refractivity contribution is 0.669. The van der Waals surface area contributed by atoms with Gasteiger partial charge in [0.25, 0.3) is 0 Å². The van der Waals surface area contributed by atoms with Gasteiger partial charge < -0.3 is 9.32 Å². The molecular formula is C49H33NO. The first-order valence-corrected chi connectivity index (χ1v) is 17.5. The minimum absolute atomic E-state index is 0.915. The monoisotopic (exact) mass is 651 g/mol. The van der Waals surface area contributed by atoms with E-state index in [0.29, 0.717) is 0 Å². The molecule has 0 saturated heterocycles. The van der Waals surface area contributed by atoms with Crippen molar-refractivity contribution in [2.24, 2.45) is 0 Å². The Bertz CT molecular complexity index is 2870. The number of benzene rings is 9. The largest absolute Gasteiger partial charge is 0.456 e. The van der Waals surface area contributed by atoms with E-state index in [9.17, 15) is 0 Å². The number of rotatable bonds is 5. The second-order valence-corrected chi connectivity index (χ2v) is 13.4. The fraction of sp³-hybridized carbons (Fsp3) is 0.0204. The smallest absolute Gasteiger partial charge is 0.135 e. The lowest BCUT2D eigenvalue weighted by Gasteiger charge is -2.26. The Morgan fingerprint density at radius 3 is 1.39 bits per heavy atom. The summed E-state index contributed by atoms with van der Waals surface area (Å²) in [5.74, 6) is 0. The van der Waals surface area contributed by atoms with Gasteiger partial charge in [-0.1, -0.05) is 127 Å². The van der Waals surface area contributed by atoms with Crippen LogP contribution in [0.1, 0.15) is 5.56 Å². The van der Waals surface area contributed by atoms with Gasteiger partial charge in [-0.05, 0) is 122 Å². The minimum atomic E-state index is 0.915. The van der Waals surface area contributed by atoms with E-state index in [1.165, 1.54) is 54.6 Å². The lowest BCUT2D eigenvalue weighted by atomic mass is 9.94. The molecule has 0 aliphatic heterocycles. The number of furan rings is 1. The van der Waals surface area contributed by atoms with E-state index in [-0.39, 0.29) is 0 Å². The van der Waals surface area contributed by atoms with E-state index in [4.69, 9.17) is 4.42 Å². The molecule has 0 aliphatic rings. The molecule has 0 fully saturated rings. The third kappa shape index (κ3) is 4.95. The standard InChI is InChI=1S/C49H33NO/c1-32-15-27-48-46(29-32)47-30-36(20-28-49(47)51-48)35-18-23-38(24-19-35)50(37-21-16-34(17-22-37)33-9-3-2-4-10-33)39-25-26-44-42-13-6-5-11-40(42)41-12-7-8-14-43(41)45(44)31-39/h2-31H,1H3. The van der Waals surface area contributed by atoms with E-state index < -0.39 is 0 Å². The van der Waals surface area contributed by atoms with Crippen LogP contribution in [-0.2, 0) is 0 Å². The molecule has 2 heteroatoms. The van der Waals surface area contributed by atoms with Gasteiger partial charge in [0, 0.05) is 27.8 Å². The van der Waals surface area contributed by atoms with Crippen LogP contribution in [0.3, 0.4) is 0 Å². The maximum atomic E-state index is 6.16. The molecule has 9 aromatic carbocycles. The summed E-state index contributed by atoms with van der Waals surface area (Å²) in [5, 5.41) is 9.92. The van der Waals surface area contributed by atoms with Crippen LogP contribution in [0, 0.1) is 6.92 Å². The Kier molecular flexibility index (Phi) is 6.75. The normalized spacial score (nSPS) is 11.6. The van der Waals surface area contributed by atoms with Crippen molar-refractivity contribution in [3.63, 3.8) is 0 Å². The van der Waals surface area contributed by atoms with Crippen LogP contribution >= 0.6 is 0 Å². The number of fused-ring (bicyclic) bond motifs is 9. The number of nitrogens with zero attached hydrogens (tertiary/aromatic N) is 1. The molecule has 0 aliphatic carbocycles. The summed E-state index contributed by atoms with van der Waals surface area (Å²) in [6.07, 6.45) is 0. The maximum absolute atomic E-state index is 6.16. The zero-order valence-electron chi connectivity index (χ0n) is 28.2. The minimum Gasteiger partial charge on any atom is -0.456 e. The molecule has 0 radical (unpaired) electrons. The van der Waals surface area contributed by atoms with Gasteiger partial charge in [-0.15, -0.1) is 0 Å². The molecule has 51 heavy (non-hydrogen) atoms. The molecule has 2 nitrogen and oxygen atoms in total. The van der Waals surface area contributed by atoms with Crippen molar-refractivity contribution >= 4 is 71.3 Å². The molecule has 0 N–H and O–H groups in total. The second-order valence-electron chi connectivity index (χ2n) is 13.4. The fourth-order valence-corrected chi connectivity index (χ4v) is 7.79. The van der Waals surface area contributed by atoms with Crippen molar-refractivity contribution in [2.45, 2.75) is 6.92 Å². The SMILES string of the molecule is Cc1ccc2oc3ccc(-c4ccc(N(c5ccc(-c6ccccc6)cc5)c5ccc6c7ccccc7c7ccccc7c6c5)cc4)cc3c2c1. The fourth-order valence-electron chi connectivity index (χ4n) is 7.79. The summed E-state index contributed by atoms with van der Waals surface area (Å²) in [4.78, 5) is 2.37. The number of anilines is 3. The molecule has 0 bridgehead atoms. The topological polar surface area (TPSA) is 16.4 Å². The highest BCUT2D eigenvalue weighted by Gasteiger charge is 2.17. The van der Waals surface area contributed by atoms with Crippen molar-refractivity contribution < 1.29 is 4.42 Å². The molecule has 0 spiro atoms. The molecule has 1 aromatic heterocycles. The lowest BCUT2D eigenvalue weighted by Crippen LogP contribution is -2.10. The first kappa shape index (κ1) is 29.3. The van der Waals surface area contributed by atoms with Gasteiger partial charge in [0.1, 0.15) is 11.2 Å². The summed E-state index contributed by atoms with van der Waals surface area (Å²) in [6.45, 7) is 2.13. The van der Waals surface area contributed by atoms with Crippen molar-refractivity contribution in [1.82, 2.24) is 0 Å². The van der Waals surface area contributed by atoms with Crippen molar-refractivity contribution in [2.75, 3.05) is 4.90 Å². The van der Waals surface area contributed by atoms with Gasteiger partial charge in [-0.3, -0.25) is 0 Å². The predicted octanol–water partition coefficient (Wildman–Crippen LogP) is 14.2. The maximum Gasteiger partial charge on any atom is 0.135 e. The van der Waals surface area contributed by atoms with Crippen LogP contribution in [0.25, 0.3) is 76.5 Å². The van der Waals surface area contributed by atoms with Crippen LogP contribution in [-0.4, -0.2) is 0 Å². The molecular weight excluding hydrogens is 619 g/mol. The summed E-state index contributed by atoms with van der Waals surface area (Å²) in [6, 6.07) is 65.8. The van der Waals surface area contributed by atoms with Crippen molar-refractivity contribution in [1.29, 1.82) is 0 Å². The Labute approximate surface area is 296 Å². The van der Waals surface area contributed by atoms with Gasteiger partial charge in [-0.25, -0.2) is 0 Å². The Hall–Kier alpha value is -6.64. The average molecular weight is 652 g/mol. The Balaban J connectivity index is 1.12. The molecule has 0 atom stereocenters.